The van der Waals surface area contributed by atoms with Gasteiger partial charge in [-0.15, -0.1) is 0 Å². The second-order valence-corrected chi connectivity index (χ2v) is 4.48. The summed E-state index contributed by atoms with van der Waals surface area (Å²) in [5.41, 5.74) is 1.86. The van der Waals surface area contributed by atoms with Crippen LogP contribution in [0.15, 0.2) is 48.8 Å². The Labute approximate surface area is 121 Å². The van der Waals surface area contributed by atoms with Crippen molar-refractivity contribution >= 4 is 17.0 Å². The summed E-state index contributed by atoms with van der Waals surface area (Å²) in [6, 6.07) is 10.6. The van der Waals surface area contributed by atoms with E-state index in [0.717, 1.165) is 17.5 Å². The fourth-order valence-corrected chi connectivity index (χ4v) is 1.94. The van der Waals surface area contributed by atoms with Gasteiger partial charge in [0.2, 0.25) is 5.88 Å². The van der Waals surface area contributed by atoms with E-state index in [9.17, 15) is 4.79 Å². The van der Waals surface area contributed by atoms with Crippen LogP contribution >= 0.6 is 0 Å². The lowest BCUT2D eigenvalue weighted by molar-refractivity contribution is 0.0728. The van der Waals surface area contributed by atoms with Crippen LogP contribution in [0.25, 0.3) is 11.0 Å². The molecule has 3 aromatic heterocycles. The van der Waals surface area contributed by atoms with Crippen LogP contribution in [0.3, 0.4) is 0 Å². The van der Waals surface area contributed by atoms with Gasteiger partial charge in [0, 0.05) is 29.5 Å². The van der Waals surface area contributed by atoms with Crippen molar-refractivity contribution in [2.45, 2.75) is 13.3 Å². The molecular formula is C16H13N3O2. The Balaban J connectivity index is 1.85. The zero-order valence-corrected chi connectivity index (χ0v) is 11.5. The van der Waals surface area contributed by atoms with E-state index in [2.05, 4.69) is 15.0 Å². The molecule has 5 nitrogen and oxygen atoms in total. The van der Waals surface area contributed by atoms with Crippen molar-refractivity contribution in [3.8, 4) is 5.88 Å². The van der Waals surface area contributed by atoms with Crippen LogP contribution in [-0.4, -0.2) is 20.9 Å². The van der Waals surface area contributed by atoms with Crippen molar-refractivity contribution in [2.24, 2.45) is 0 Å². The Morgan fingerprint density at radius 3 is 2.90 bits per heavy atom. The summed E-state index contributed by atoms with van der Waals surface area (Å²) in [7, 11) is 0. The molecule has 0 aliphatic rings. The fraction of sp³-hybridized carbons (Fsp3) is 0.125. The zero-order chi connectivity index (χ0) is 14.7. The number of nitrogens with zero attached hydrogens (tertiary/aromatic N) is 3. The van der Waals surface area contributed by atoms with Gasteiger partial charge in [-0.25, -0.2) is 9.78 Å². The van der Waals surface area contributed by atoms with E-state index < -0.39 is 5.97 Å². The highest BCUT2D eigenvalue weighted by Gasteiger charge is 2.11. The van der Waals surface area contributed by atoms with Crippen molar-refractivity contribution < 1.29 is 9.53 Å². The van der Waals surface area contributed by atoms with Gasteiger partial charge in [-0.3, -0.25) is 4.98 Å². The number of carbonyl (C=O) groups excluding carboxylic acids is 1. The molecule has 104 valence electrons. The molecule has 0 bridgehead atoms. The van der Waals surface area contributed by atoms with Gasteiger partial charge in [0.25, 0.3) is 0 Å². The monoisotopic (exact) mass is 279 g/mol. The van der Waals surface area contributed by atoms with Crippen molar-refractivity contribution in [1.82, 2.24) is 15.0 Å². The second kappa shape index (κ2) is 5.66. The topological polar surface area (TPSA) is 65.0 Å². The molecule has 0 aliphatic heterocycles. The normalized spacial score (nSPS) is 10.5. The van der Waals surface area contributed by atoms with Gasteiger partial charge in [0.1, 0.15) is 0 Å². The van der Waals surface area contributed by atoms with E-state index in [4.69, 9.17) is 4.74 Å². The number of ether oxygens (including phenoxy) is 1. The predicted octanol–water partition coefficient (Wildman–Crippen LogP) is 2.81. The van der Waals surface area contributed by atoms with Crippen LogP contribution in [0.2, 0.25) is 0 Å². The number of fused-ring (bicyclic) bond motifs is 1. The molecule has 5 heteroatoms. The highest BCUT2D eigenvalue weighted by atomic mass is 16.5. The number of hydrogen-bond acceptors (Lipinski definition) is 5. The first-order chi connectivity index (χ1) is 10.3. The Bertz CT molecular complexity index is 802. The molecule has 0 spiro atoms. The van der Waals surface area contributed by atoms with E-state index in [1.54, 1.807) is 30.6 Å². The Kier molecular flexibility index (Phi) is 3.55. The largest absolute Gasteiger partial charge is 0.404 e. The van der Waals surface area contributed by atoms with Crippen molar-refractivity contribution in [3.05, 3.63) is 60.0 Å². The van der Waals surface area contributed by atoms with Gasteiger partial charge in [-0.2, -0.15) is 4.98 Å². The molecule has 0 N–H and O–H groups in total. The van der Waals surface area contributed by atoms with Crippen LogP contribution in [0.4, 0.5) is 0 Å². The third kappa shape index (κ3) is 2.86. The number of carbonyl (C=O) groups is 1. The number of esters is 1. The molecule has 0 amide bonds. The lowest BCUT2D eigenvalue weighted by atomic mass is 10.2. The summed E-state index contributed by atoms with van der Waals surface area (Å²) in [6.45, 7) is 1.98. The molecule has 0 radical (unpaired) electrons. The third-order valence-corrected chi connectivity index (χ3v) is 3.05. The first-order valence-corrected chi connectivity index (χ1v) is 6.65. The smallest absolute Gasteiger partial charge is 0.344 e. The Morgan fingerprint density at radius 1 is 1.14 bits per heavy atom. The second-order valence-electron chi connectivity index (χ2n) is 4.48. The highest BCUT2D eigenvalue weighted by Crippen LogP contribution is 2.15. The summed E-state index contributed by atoms with van der Waals surface area (Å²) < 4.78 is 5.29. The van der Waals surface area contributed by atoms with Crippen LogP contribution in [0.1, 0.15) is 23.0 Å². The van der Waals surface area contributed by atoms with E-state index in [-0.39, 0.29) is 5.88 Å². The molecule has 0 atom stereocenters. The van der Waals surface area contributed by atoms with E-state index in [1.165, 1.54) is 0 Å². The quantitative estimate of drug-likeness (QED) is 0.690. The number of hydrogen-bond donors (Lipinski definition) is 0. The minimum absolute atomic E-state index is 0.237. The maximum absolute atomic E-state index is 12.1. The maximum Gasteiger partial charge on any atom is 0.344 e. The molecule has 0 aromatic carbocycles. The summed E-state index contributed by atoms with van der Waals surface area (Å²) in [6.07, 6.45) is 4.02. The fourth-order valence-electron chi connectivity index (χ4n) is 1.94. The Morgan fingerprint density at radius 2 is 2.05 bits per heavy atom. The summed E-state index contributed by atoms with van der Waals surface area (Å²) >= 11 is 0. The molecule has 0 fully saturated rings. The van der Waals surface area contributed by atoms with Crippen molar-refractivity contribution in [3.63, 3.8) is 0 Å². The lowest BCUT2D eigenvalue weighted by Gasteiger charge is -2.05. The highest BCUT2D eigenvalue weighted by molar-refractivity contribution is 5.91. The number of aryl methyl sites for hydroxylation is 1. The molecular weight excluding hydrogens is 266 g/mol. The summed E-state index contributed by atoms with van der Waals surface area (Å²) in [4.78, 5) is 24.6. The first kappa shape index (κ1) is 13.2. The average molecular weight is 279 g/mol. The summed E-state index contributed by atoms with van der Waals surface area (Å²) in [5, 5.41) is 0.898. The standard InChI is InChI=1S/C16H13N3O2/c1-2-13-10-12(7-9-17-13)16(20)21-14-6-5-11-4-3-8-18-15(11)19-14/h3-10H,2H2,1H3. The van der Waals surface area contributed by atoms with Gasteiger partial charge in [0.05, 0.1) is 5.56 Å². The lowest BCUT2D eigenvalue weighted by Crippen LogP contribution is -2.10. The van der Waals surface area contributed by atoms with Crippen LogP contribution in [0.5, 0.6) is 5.88 Å². The molecule has 21 heavy (non-hydrogen) atoms. The Hall–Kier alpha value is -2.82. The molecule has 0 saturated carbocycles. The number of aromatic nitrogens is 3. The summed E-state index contributed by atoms with van der Waals surface area (Å²) in [5.74, 6) is -0.212. The SMILES string of the molecule is CCc1cc(C(=O)Oc2ccc3cccnc3n2)ccn1. The van der Waals surface area contributed by atoms with Crippen molar-refractivity contribution in [1.29, 1.82) is 0 Å². The van der Waals surface area contributed by atoms with Crippen LogP contribution < -0.4 is 4.74 Å². The van der Waals surface area contributed by atoms with Crippen molar-refractivity contribution in [2.75, 3.05) is 0 Å². The zero-order valence-electron chi connectivity index (χ0n) is 11.5. The minimum atomic E-state index is -0.449. The maximum atomic E-state index is 12.1. The van der Waals surface area contributed by atoms with Crippen LogP contribution in [0, 0.1) is 0 Å². The predicted molar refractivity (Wildman–Crippen MR) is 78.1 cm³/mol. The van der Waals surface area contributed by atoms with Gasteiger partial charge >= 0.3 is 5.97 Å². The number of rotatable bonds is 3. The molecule has 0 saturated heterocycles. The average Bonchev–Trinajstić information content (AvgIpc) is 2.54. The molecule has 0 aliphatic carbocycles. The third-order valence-electron chi connectivity index (χ3n) is 3.05. The minimum Gasteiger partial charge on any atom is -0.404 e. The first-order valence-electron chi connectivity index (χ1n) is 6.65. The van der Waals surface area contributed by atoms with E-state index >= 15 is 0 Å². The molecule has 3 heterocycles. The van der Waals surface area contributed by atoms with E-state index in [1.807, 2.05) is 25.1 Å². The van der Waals surface area contributed by atoms with Gasteiger partial charge in [-0.05, 0) is 36.8 Å². The molecule has 3 aromatic rings. The van der Waals surface area contributed by atoms with E-state index in [0.29, 0.717) is 11.2 Å². The van der Waals surface area contributed by atoms with Gasteiger partial charge in [-0.1, -0.05) is 6.92 Å². The van der Waals surface area contributed by atoms with Crippen LogP contribution in [-0.2, 0) is 6.42 Å². The van der Waals surface area contributed by atoms with Gasteiger partial charge < -0.3 is 4.74 Å². The molecule has 3 rings (SSSR count). The number of pyridine rings is 3. The molecule has 0 unspecified atom stereocenters. The van der Waals surface area contributed by atoms with Gasteiger partial charge in [0.15, 0.2) is 5.65 Å².